The van der Waals surface area contributed by atoms with E-state index in [1.165, 1.54) is 5.56 Å². The Morgan fingerprint density at radius 1 is 1.12 bits per heavy atom. The summed E-state index contributed by atoms with van der Waals surface area (Å²) in [6.45, 7) is 0. The average Bonchev–Trinajstić information content (AvgIpc) is 2.58. The summed E-state index contributed by atoms with van der Waals surface area (Å²) in [6.07, 6.45) is 2.25. The van der Waals surface area contributed by atoms with Crippen LogP contribution in [-0.4, -0.2) is 13.0 Å². The first kappa shape index (κ1) is 20.1. The van der Waals surface area contributed by atoms with Gasteiger partial charge in [-0.3, -0.25) is 4.79 Å². The van der Waals surface area contributed by atoms with E-state index in [9.17, 15) is 4.79 Å². The van der Waals surface area contributed by atoms with Gasteiger partial charge >= 0.3 is 0 Å². The second-order valence-electron chi connectivity index (χ2n) is 6.22. The summed E-state index contributed by atoms with van der Waals surface area (Å²) in [5.41, 5.74) is 10.8. The largest absolute Gasteiger partial charge is 0.359 e. The first-order valence-corrected chi connectivity index (χ1v) is 8.79. The topological polar surface area (TPSA) is 55.1 Å². The van der Waals surface area contributed by atoms with Crippen molar-refractivity contribution in [3.63, 3.8) is 0 Å². The van der Waals surface area contributed by atoms with Gasteiger partial charge in [0.2, 0.25) is 5.91 Å². The lowest BCUT2D eigenvalue weighted by molar-refractivity contribution is -0.119. The highest BCUT2D eigenvalue weighted by Gasteiger charge is 2.27. The summed E-state index contributed by atoms with van der Waals surface area (Å²) >= 11 is 12.2. The number of hydrogen-bond acceptors (Lipinski definition) is 2. The Labute approximate surface area is 164 Å². The quantitative estimate of drug-likeness (QED) is 0.790. The molecule has 1 unspecified atom stereocenters. The number of halogens is 3. The van der Waals surface area contributed by atoms with Crippen molar-refractivity contribution >= 4 is 41.5 Å². The van der Waals surface area contributed by atoms with Crippen LogP contribution >= 0.6 is 35.6 Å². The molecular formula is C19H21Cl3N2O. The van der Waals surface area contributed by atoms with Gasteiger partial charge in [0, 0.05) is 19.0 Å². The van der Waals surface area contributed by atoms with Crippen molar-refractivity contribution in [1.29, 1.82) is 0 Å². The molecule has 0 heterocycles. The summed E-state index contributed by atoms with van der Waals surface area (Å²) in [4.78, 5) is 11.6. The maximum Gasteiger partial charge on any atom is 0.224 e. The SMILES string of the molecule is CNC(=O)Cc1ccc2c(c1)C(N)CC[C@H]2c1ccc(Cl)c(Cl)c1.Cl. The lowest BCUT2D eigenvalue weighted by Crippen LogP contribution is -2.23. The number of rotatable bonds is 3. The average molecular weight is 400 g/mol. The summed E-state index contributed by atoms with van der Waals surface area (Å²) < 4.78 is 0. The molecule has 0 saturated carbocycles. The van der Waals surface area contributed by atoms with Crippen LogP contribution in [-0.2, 0) is 11.2 Å². The maximum atomic E-state index is 11.6. The number of carbonyl (C=O) groups excluding carboxylic acids is 1. The van der Waals surface area contributed by atoms with Crippen LogP contribution in [0.25, 0.3) is 0 Å². The van der Waals surface area contributed by atoms with Crippen molar-refractivity contribution < 1.29 is 4.79 Å². The Balaban J connectivity index is 0.00000225. The van der Waals surface area contributed by atoms with Crippen LogP contribution in [0.2, 0.25) is 10.0 Å². The fourth-order valence-electron chi connectivity index (χ4n) is 3.38. The predicted octanol–water partition coefficient (Wildman–Crippen LogP) is 4.63. The lowest BCUT2D eigenvalue weighted by Gasteiger charge is -2.30. The zero-order chi connectivity index (χ0) is 17.3. The minimum absolute atomic E-state index is 0. The van der Waals surface area contributed by atoms with E-state index in [0.717, 1.165) is 29.5 Å². The Kier molecular flexibility index (Phi) is 6.75. The summed E-state index contributed by atoms with van der Waals surface area (Å²) in [5, 5.41) is 3.79. The molecule has 3 N–H and O–H groups in total. The minimum Gasteiger partial charge on any atom is -0.359 e. The van der Waals surface area contributed by atoms with Crippen LogP contribution in [0.15, 0.2) is 36.4 Å². The molecule has 0 saturated heterocycles. The standard InChI is InChI=1S/C19H20Cl2N2O.ClH/c1-23-19(24)9-11-2-4-14-13(5-7-18(22)15(14)8-11)12-3-6-16(20)17(21)10-12;/h2-4,6,8,10,13,18H,5,7,9,22H2,1H3,(H,23,24);1H/t13-,18?;/m0./s1. The van der Waals surface area contributed by atoms with Crippen LogP contribution in [0.5, 0.6) is 0 Å². The predicted molar refractivity (Wildman–Crippen MR) is 106 cm³/mol. The smallest absolute Gasteiger partial charge is 0.224 e. The molecule has 1 amide bonds. The summed E-state index contributed by atoms with van der Waals surface area (Å²) in [5.74, 6) is 0.254. The van der Waals surface area contributed by atoms with Crippen LogP contribution < -0.4 is 11.1 Å². The van der Waals surface area contributed by atoms with Crippen LogP contribution in [0.4, 0.5) is 0 Å². The Hall–Kier alpha value is -1.26. The van der Waals surface area contributed by atoms with Crippen LogP contribution in [0.3, 0.4) is 0 Å². The van der Waals surface area contributed by atoms with Crippen LogP contribution in [0.1, 0.15) is 47.1 Å². The number of amides is 1. The molecule has 134 valence electrons. The van der Waals surface area contributed by atoms with Gasteiger partial charge < -0.3 is 11.1 Å². The van der Waals surface area contributed by atoms with Crippen molar-refractivity contribution in [1.82, 2.24) is 5.32 Å². The number of benzene rings is 2. The van der Waals surface area contributed by atoms with E-state index in [4.69, 9.17) is 28.9 Å². The van der Waals surface area contributed by atoms with Crippen molar-refractivity contribution in [3.8, 4) is 0 Å². The van der Waals surface area contributed by atoms with E-state index in [1.807, 2.05) is 24.3 Å². The van der Waals surface area contributed by atoms with Gasteiger partial charge in [0.15, 0.2) is 0 Å². The van der Waals surface area contributed by atoms with Crippen molar-refractivity contribution in [2.75, 3.05) is 7.05 Å². The third kappa shape index (κ3) is 4.29. The van der Waals surface area contributed by atoms with Gasteiger partial charge in [0.25, 0.3) is 0 Å². The van der Waals surface area contributed by atoms with Crippen LogP contribution in [0, 0.1) is 0 Å². The second-order valence-corrected chi connectivity index (χ2v) is 7.04. The van der Waals surface area contributed by atoms with Crippen molar-refractivity contribution in [3.05, 3.63) is 68.7 Å². The van der Waals surface area contributed by atoms with Crippen molar-refractivity contribution in [2.24, 2.45) is 5.73 Å². The number of hydrogen-bond donors (Lipinski definition) is 2. The zero-order valence-electron chi connectivity index (χ0n) is 13.9. The van der Waals surface area contributed by atoms with Gasteiger partial charge in [0.1, 0.15) is 0 Å². The Morgan fingerprint density at radius 2 is 1.88 bits per heavy atom. The first-order chi connectivity index (χ1) is 11.5. The molecule has 3 rings (SSSR count). The highest BCUT2D eigenvalue weighted by atomic mass is 35.5. The van der Waals surface area contributed by atoms with E-state index in [-0.39, 0.29) is 30.3 Å². The monoisotopic (exact) mass is 398 g/mol. The molecule has 0 radical (unpaired) electrons. The fraction of sp³-hybridized carbons (Fsp3) is 0.316. The Bertz CT molecular complexity index is 779. The Morgan fingerprint density at radius 3 is 2.56 bits per heavy atom. The van der Waals surface area contributed by atoms with E-state index >= 15 is 0 Å². The third-order valence-corrected chi connectivity index (χ3v) is 5.42. The molecule has 0 bridgehead atoms. The molecule has 0 aromatic heterocycles. The second kappa shape index (κ2) is 8.41. The maximum absolute atomic E-state index is 11.6. The molecule has 1 aliphatic carbocycles. The first-order valence-electron chi connectivity index (χ1n) is 8.03. The fourth-order valence-corrected chi connectivity index (χ4v) is 3.69. The molecule has 3 nitrogen and oxygen atoms in total. The molecule has 0 aliphatic heterocycles. The number of fused-ring (bicyclic) bond motifs is 1. The highest BCUT2D eigenvalue weighted by molar-refractivity contribution is 6.42. The molecule has 25 heavy (non-hydrogen) atoms. The molecule has 6 heteroatoms. The van der Waals surface area contributed by atoms with E-state index < -0.39 is 0 Å². The van der Waals surface area contributed by atoms with Gasteiger partial charge in [-0.2, -0.15) is 0 Å². The number of nitrogens with one attached hydrogen (secondary N) is 1. The molecule has 2 aromatic rings. The molecular weight excluding hydrogens is 379 g/mol. The van der Waals surface area contributed by atoms with Crippen molar-refractivity contribution in [2.45, 2.75) is 31.2 Å². The van der Waals surface area contributed by atoms with Gasteiger partial charge in [-0.1, -0.05) is 47.5 Å². The van der Waals surface area contributed by atoms with Gasteiger partial charge in [0.05, 0.1) is 16.5 Å². The zero-order valence-corrected chi connectivity index (χ0v) is 16.2. The molecule has 2 aromatic carbocycles. The minimum atomic E-state index is 0. The molecule has 0 spiro atoms. The van der Waals surface area contributed by atoms with E-state index in [1.54, 1.807) is 7.05 Å². The highest BCUT2D eigenvalue weighted by Crippen LogP contribution is 2.41. The molecule has 2 atom stereocenters. The molecule has 0 fully saturated rings. The number of likely N-dealkylation sites (N-methyl/N-ethyl adjacent to an activating group) is 1. The van der Waals surface area contributed by atoms with E-state index in [2.05, 4.69) is 17.4 Å². The summed E-state index contributed by atoms with van der Waals surface area (Å²) in [7, 11) is 1.65. The lowest BCUT2D eigenvalue weighted by atomic mass is 9.76. The molecule has 1 aliphatic rings. The van der Waals surface area contributed by atoms with E-state index in [0.29, 0.717) is 16.5 Å². The van der Waals surface area contributed by atoms with Gasteiger partial charge in [-0.05, 0) is 47.2 Å². The summed E-state index contributed by atoms with van der Waals surface area (Å²) in [6, 6.07) is 12.0. The number of carbonyl (C=O) groups is 1. The van der Waals surface area contributed by atoms with Gasteiger partial charge in [-0.15, -0.1) is 12.4 Å². The normalized spacial score (nSPS) is 18.9. The third-order valence-electron chi connectivity index (χ3n) is 4.68. The van der Waals surface area contributed by atoms with Gasteiger partial charge in [-0.25, -0.2) is 0 Å². The number of nitrogens with two attached hydrogens (primary N) is 1.